The highest BCUT2D eigenvalue weighted by Crippen LogP contribution is 2.44. The Morgan fingerprint density at radius 1 is 0.476 bits per heavy atom. The van der Waals surface area contributed by atoms with Crippen LogP contribution in [0.4, 0.5) is 0 Å². The Kier molecular flexibility index (Phi) is 5.07. The Bertz CT molecular complexity index is 2390. The molecule has 0 aliphatic rings. The number of rotatable bonds is 3. The third-order valence-corrected chi connectivity index (χ3v) is 9.35. The molecule has 3 nitrogen and oxygen atoms in total. The maximum Gasteiger partial charge on any atom is 0.235 e. The molecule has 0 bridgehead atoms. The van der Waals surface area contributed by atoms with Crippen LogP contribution >= 0.6 is 11.3 Å². The highest BCUT2D eigenvalue weighted by molar-refractivity contribution is 7.26. The fourth-order valence-corrected chi connectivity index (χ4v) is 7.45. The van der Waals surface area contributed by atoms with Crippen molar-refractivity contribution in [2.75, 3.05) is 0 Å². The summed E-state index contributed by atoms with van der Waals surface area (Å²) in [7, 11) is 0. The van der Waals surface area contributed by atoms with Crippen molar-refractivity contribution in [2.45, 2.75) is 0 Å². The fraction of sp³-hybridized carbons (Fsp3) is 0. The first-order valence-corrected chi connectivity index (χ1v) is 14.9. The molecule has 3 aromatic heterocycles. The van der Waals surface area contributed by atoms with Crippen LogP contribution in [0.5, 0.6) is 0 Å². The first-order chi connectivity index (χ1) is 20.8. The highest BCUT2D eigenvalue weighted by atomic mass is 32.1. The molecule has 9 rings (SSSR count). The summed E-state index contributed by atoms with van der Waals surface area (Å²) in [6.45, 7) is 0. The van der Waals surface area contributed by atoms with E-state index in [9.17, 15) is 0 Å². The lowest BCUT2D eigenvalue weighted by Gasteiger charge is -2.12. The van der Waals surface area contributed by atoms with Crippen LogP contribution in [0.15, 0.2) is 140 Å². The van der Waals surface area contributed by atoms with E-state index < -0.39 is 0 Å². The summed E-state index contributed by atoms with van der Waals surface area (Å²) in [6.07, 6.45) is 0. The molecule has 3 heterocycles. The van der Waals surface area contributed by atoms with Gasteiger partial charge >= 0.3 is 0 Å². The maximum absolute atomic E-state index is 5.28. The minimum Gasteiger partial charge on any atom is -0.277 e. The van der Waals surface area contributed by atoms with Crippen molar-refractivity contribution in [3.8, 4) is 28.5 Å². The Labute approximate surface area is 246 Å². The molecule has 0 aliphatic carbocycles. The summed E-state index contributed by atoms with van der Waals surface area (Å²) in [5, 5.41) is 7.42. The number of aromatic nitrogens is 3. The molecule has 0 amide bonds. The third-order valence-electron chi connectivity index (χ3n) is 8.21. The van der Waals surface area contributed by atoms with E-state index in [1.54, 1.807) is 0 Å². The molecule has 0 unspecified atom stereocenters. The average Bonchev–Trinajstić information content (AvgIpc) is 3.61. The summed E-state index contributed by atoms with van der Waals surface area (Å²) in [5.41, 5.74) is 6.19. The second-order valence-electron chi connectivity index (χ2n) is 10.6. The molecule has 0 fully saturated rings. The predicted molar refractivity (Wildman–Crippen MR) is 178 cm³/mol. The lowest BCUT2D eigenvalue weighted by Crippen LogP contribution is -2.04. The lowest BCUT2D eigenvalue weighted by atomic mass is 10.0. The molecule has 9 aromatic rings. The van der Waals surface area contributed by atoms with Gasteiger partial charge in [0.05, 0.1) is 22.4 Å². The van der Waals surface area contributed by atoms with Gasteiger partial charge in [0, 0.05) is 42.1 Å². The molecule has 4 heteroatoms. The zero-order chi connectivity index (χ0) is 27.6. The molecule has 0 atom stereocenters. The van der Waals surface area contributed by atoms with Gasteiger partial charge in [-0.15, -0.1) is 11.3 Å². The van der Waals surface area contributed by atoms with E-state index in [1.165, 1.54) is 41.7 Å². The molecule has 0 radical (unpaired) electrons. The second kappa shape index (κ2) is 9.10. The van der Waals surface area contributed by atoms with Crippen LogP contribution in [0.3, 0.4) is 0 Å². The van der Waals surface area contributed by atoms with Gasteiger partial charge in [-0.1, -0.05) is 115 Å². The first-order valence-electron chi connectivity index (χ1n) is 14.1. The van der Waals surface area contributed by atoms with Crippen molar-refractivity contribution in [1.82, 2.24) is 14.5 Å². The van der Waals surface area contributed by atoms with Crippen LogP contribution in [-0.2, 0) is 0 Å². The molecular weight excluding hydrogens is 531 g/mol. The number of fused-ring (bicyclic) bond motifs is 9. The Balaban J connectivity index is 1.49. The summed E-state index contributed by atoms with van der Waals surface area (Å²) in [4.78, 5) is 10.6. The van der Waals surface area contributed by atoms with Gasteiger partial charge in [-0.2, -0.15) is 0 Å². The number of hydrogen-bond donors (Lipinski definition) is 0. The molecule has 0 N–H and O–H groups in total. The smallest absolute Gasteiger partial charge is 0.235 e. The largest absolute Gasteiger partial charge is 0.277 e. The Morgan fingerprint density at radius 3 is 1.86 bits per heavy atom. The number of benzene rings is 6. The van der Waals surface area contributed by atoms with Crippen molar-refractivity contribution in [3.05, 3.63) is 140 Å². The standard InChI is InChI=1S/C38H23N3S/c1-3-12-25(13-4-1)30-23-31(26-14-5-2-6-15-26)40-38(39-30)41-32-21-19-24-11-7-8-16-27(24)35(32)29-20-22-34-36(37(29)41)28-17-9-10-18-33(28)42-34/h1-23H. The molecule has 0 spiro atoms. The van der Waals surface area contributed by atoms with Crippen molar-refractivity contribution in [2.24, 2.45) is 0 Å². The second-order valence-corrected chi connectivity index (χ2v) is 11.7. The Hall–Kier alpha value is -5.32. The van der Waals surface area contributed by atoms with Crippen LogP contribution < -0.4 is 0 Å². The Morgan fingerprint density at radius 2 is 1.12 bits per heavy atom. The molecule has 0 saturated carbocycles. The summed E-state index contributed by atoms with van der Waals surface area (Å²) < 4.78 is 4.85. The third kappa shape index (κ3) is 3.46. The lowest BCUT2D eigenvalue weighted by molar-refractivity contribution is 0.998. The first kappa shape index (κ1) is 23.4. The topological polar surface area (TPSA) is 30.7 Å². The van der Waals surface area contributed by atoms with E-state index in [1.807, 2.05) is 23.5 Å². The molecule has 0 saturated heterocycles. The molecule has 6 aromatic carbocycles. The van der Waals surface area contributed by atoms with Gasteiger partial charge in [0.2, 0.25) is 5.95 Å². The van der Waals surface area contributed by atoms with E-state index in [2.05, 4.69) is 132 Å². The van der Waals surface area contributed by atoms with Gasteiger partial charge < -0.3 is 0 Å². The van der Waals surface area contributed by atoms with Crippen LogP contribution in [0.2, 0.25) is 0 Å². The van der Waals surface area contributed by atoms with E-state index in [0.29, 0.717) is 5.95 Å². The number of thiophene rings is 1. The van der Waals surface area contributed by atoms with Gasteiger partial charge in [0.15, 0.2) is 0 Å². The monoisotopic (exact) mass is 553 g/mol. The minimum absolute atomic E-state index is 0.674. The van der Waals surface area contributed by atoms with Crippen LogP contribution in [0.25, 0.3) is 81.2 Å². The molecule has 196 valence electrons. The molecular formula is C38H23N3S. The van der Waals surface area contributed by atoms with Crippen molar-refractivity contribution in [3.63, 3.8) is 0 Å². The summed E-state index contributed by atoms with van der Waals surface area (Å²) in [5.74, 6) is 0.674. The number of hydrogen-bond acceptors (Lipinski definition) is 3. The SMILES string of the molecule is c1ccc(-c2cc(-c3ccccc3)nc(-n3c4ccc5ccccc5c4c4ccc5sc6ccccc6c5c43)n2)cc1. The van der Waals surface area contributed by atoms with Crippen LogP contribution in [-0.4, -0.2) is 14.5 Å². The van der Waals surface area contributed by atoms with Gasteiger partial charge in [0.25, 0.3) is 0 Å². The van der Waals surface area contributed by atoms with Crippen molar-refractivity contribution in [1.29, 1.82) is 0 Å². The normalized spacial score (nSPS) is 11.8. The van der Waals surface area contributed by atoms with Gasteiger partial charge in [-0.25, -0.2) is 9.97 Å². The average molecular weight is 554 g/mol. The van der Waals surface area contributed by atoms with Gasteiger partial charge in [-0.3, -0.25) is 4.57 Å². The maximum atomic E-state index is 5.28. The van der Waals surface area contributed by atoms with Crippen molar-refractivity contribution >= 4 is 64.1 Å². The quantitative estimate of drug-likeness (QED) is 0.218. The van der Waals surface area contributed by atoms with Crippen molar-refractivity contribution < 1.29 is 0 Å². The molecule has 0 aliphatic heterocycles. The summed E-state index contributed by atoms with van der Waals surface area (Å²) >= 11 is 1.84. The van der Waals surface area contributed by atoms with E-state index in [4.69, 9.17) is 9.97 Å². The summed E-state index contributed by atoms with van der Waals surface area (Å²) in [6, 6.07) is 49.3. The predicted octanol–water partition coefficient (Wildman–Crippen LogP) is 10.4. The zero-order valence-corrected chi connectivity index (χ0v) is 23.3. The highest BCUT2D eigenvalue weighted by Gasteiger charge is 2.22. The fourth-order valence-electron chi connectivity index (χ4n) is 6.34. The van der Waals surface area contributed by atoms with Gasteiger partial charge in [0.1, 0.15) is 0 Å². The molecule has 42 heavy (non-hydrogen) atoms. The van der Waals surface area contributed by atoms with E-state index in [0.717, 1.165) is 33.5 Å². The number of nitrogens with zero attached hydrogens (tertiary/aromatic N) is 3. The van der Waals surface area contributed by atoms with Crippen LogP contribution in [0, 0.1) is 0 Å². The van der Waals surface area contributed by atoms with Gasteiger partial charge in [-0.05, 0) is 35.0 Å². The van der Waals surface area contributed by atoms with E-state index >= 15 is 0 Å². The zero-order valence-electron chi connectivity index (χ0n) is 22.5. The minimum atomic E-state index is 0.674. The van der Waals surface area contributed by atoms with Crippen LogP contribution in [0.1, 0.15) is 0 Å². The van der Waals surface area contributed by atoms with E-state index in [-0.39, 0.29) is 0 Å².